The van der Waals surface area contributed by atoms with Gasteiger partial charge in [-0.15, -0.1) is 6.42 Å². The van der Waals surface area contributed by atoms with Gasteiger partial charge in [-0.3, -0.25) is 4.99 Å². The van der Waals surface area contributed by atoms with Crippen LogP contribution in [0.1, 0.15) is 49.3 Å². The van der Waals surface area contributed by atoms with Crippen LogP contribution in [0.2, 0.25) is 0 Å². The number of hydrogen-bond donors (Lipinski definition) is 0. The van der Waals surface area contributed by atoms with Crippen molar-refractivity contribution in [1.82, 2.24) is 0 Å². The fourth-order valence-corrected chi connectivity index (χ4v) is 4.18. The van der Waals surface area contributed by atoms with Gasteiger partial charge in [-0.2, -0.15) is 0 Å². The first-order chi connectivity index (χ1) is 12.2. The number of benzene rings is 1. The Kier molecular flexibility index (Phi) is 5.71. The number of nitrogens with zero attached hydrogens (tertiary/aromatic N) is 2. The van der Waals surface area contributed by atoms with Gasteiger partial charge in [-0.05, 0) is 60.6 Å². The highest BCUT2D eigenvalue weighted by atomic mass is 32.2. The van der Waals surface area contributed by atoms with Crippen LogP contribution in [0, 0.1) is 12.3 Å². The number of thioether (sulfide) groups is 1. The largest absolute Gasteiger partial charge is 0.307 e. The van der Waals surface area contributed by atoms with Crippen LogP contribution in [0.4, 0.5) is 5.69 Å². The Hall–Kier alpha value is -1.92. The third-order valence-corrected chi connectivity index (χ3v) is 5.70. The number of terminal acetylenes is 1. The molecule has 1 fully saturated rings. The molecule has 0 heterocycles. The summed E-state index contributed by atoms with van der Waals surface area (Å²) in [5.74, 6) is 4.61. The molecule has 1 aromatic rings. The summed E-state index contributed by atoms with van der Waals surface area (Å²) < 4.78 is 0. The molecule has 0 amide bonds. The maximum atomic E-state index is 5.81. The first-order valence-electron chi connectivity index (χ1n) is 9.05. The minimum absolute atomic E-state index is 0.0372. The highest BCUT2D eigenvalue weighted by Gasteiger charge is 2.29. The Bertz CT molecular complexity index is 763. The molecule has 0 aromatic heterocycles. The molecule has 0 bridgehead atoms. The lowest BCUT2D eigenvalue weighted by Gasteiger charge is -2.31. The minimum atomic E-state index is -0.0372. The van der Waals surface area contributed by atoms with Crippen LogP contribution in [0.15, 0.2) is 35.4 Å². The number of aliphatic imine (C=N–C) groups is 1. The molecule has 1 atom stereocenters. The number of hydrogen-bond acceptors (Lipinski definition) is 2. The average Bonchev–Trinajstić information content (AvgIpc) is 3.47. The second-order valence-electron chi connectivity index (χ2n) is 6.48. The van der Waals surface area contributed by atoms with Crippen LogP contribution in [-0.2, 0) is 6.42 Å². The van der Waals surface area contributed by atoms with E-state index in [1.807, 2.05) is 7.05 Å². The Balaban J connectivity index is 2.15. The average molecular weight is 351 g/mol. The summed E-state index contributed by atoms with van der Waals surface area (Å²) in [6.07, 6.45) is 18.2. The van der Waals surface area contributed by atoms with E-state index < -0.39 is 0 Å². The first kappa shape index (κ1) is 17.9. The zero-order valence-corrected chi connectivity index (χ0v) is 16.1. The van der Waals surface area contributed by atoms with Crippen LogP contribution >= 0.6 is 11.8 Å². The third kappa shape index (κ3) is 3.70. The van der Waals surface area contributed by atoms with Crippen molar-refractivity contribution in [3.63, 3.8) is 0 Å². The van der Waals surface area contributed by atoms with E-state index >= 15 is 0 Å². The number of anilines is 1. The molecule has 130 valence electrons. The Morgan fingerprint density at radius 2 is 2.20 bits per heavy atom. The van der Waals surface area contributed by atoms with Crippen molar-refractivity contribution in [2.75, 3.05) is 17.7 Å². The van der Waals surface area contributed by atoms with Gasteiger partial charge in [0.25, 0.3) is 0 Å². The van der Waals surface area contributed by atoms with E-state index in [4.69, 9.17) is 6.42 Å². The van der Waals surface area contributed by atoms with Crippen LogP contribution in [0.5, 0.6) is 0 Å². The topological polar surface area (TPSA) is 15.6 Å². The Morgan fingerprint density at radius 1 is 1.40 bits per heavy atom. The third-order valence-electron chi connectivity index (χ3n) is 4.77. The summed E-state index contributed by atoms with van der Waals surface area (Å²) >= 11 is 1.75. The molecular formula is C22H26N2S. The van der Waals surface area contributed by atoms with E-state index in [9.17, 15) is 0 Å². The summed E-state index contributed by atoms with van der Waals surface area (Å²) in [6.45, 7) is 4.22. The fourth-order valence-electron chi connectivity index (χ4n) is 3.40. The van der Waals surface area contributed by atoms with Crippen LogP contribution in [-0.4, -0.2) is 24.0 Å². The summed E-state index contributed by atoms with van der Waals surface area (Å²) in [6, 6.07) is 4.53. The molecule has 2 aliphatic rings. The zero-order chi connectivity index (χ0) is 17.8. The monoisotopic (exact) mass is 350 g/mol. The van der Waals surface area contributed by atoms with Crippen molar-refractivity contribution < 1.29 is 0 Å². The van der Waals surface area contributed by atoms with Gasteiger partial charge in [-0.1, -0.05) is 55.0 Å². The smallest absolute Gasteiger partial charge is 0.164 e. The quantitative estimate of drug-likeness (QED) is 0.418. The molecule has 25 heavy (non-hydrogen) atoms. The first-order valence-corrected chi connectivity index (χ1v) is 10.0. The van der Waals surface area contributed by atoms with Crippen molar-refractivity contribution in [3.8, 4) is 12.3 Å². The molecule has 0 radical (unpaired) electrons. The van der Waals surface area contributed by atoms with Gasteiger partial charge < -0.3 is 4.90 Å². The van der Waals surface area contributed by atoms with E-state index in [0.29, 0.717) is 0 Å². The van der Waals surface area contributed by atoms with Crippen molar-refractivity contribution in [2.45, 2.75) is 45.1 Å². The Labute approximate surface area is 156 Å². The maximum absolute atomic E-state index is 5.81. The van der Waals surface area contributed by atoms with Crippen molar-refractivity contribution in [1.29, 1.82) is 0 Å². The summed E-state index contributed by atoms with van der Waals surface area (Å²) in [4.78, 5) is 6.77. The van der Waals surface area contributed by atoms with Crippen molar-refractivity contribution in [3.05, 3.63) is 47.1 Å². The number of rotatable bonds is 4. The molecular weight excluding hydrogens is 324 g/mol. The van der Waals surface area contributed by atoms with Gasteiger partial charge in [0.15, 0.2) is 5.17 Å². The van der Waals surface area contributed by atoms with Crippen molar-refractivity contribution in [2.24, 2.45) is 4.99 Å². The molecule has 1 saturated carbocycles. The molecule has 1 unspecified atom stereocenters. The summed E-state index contributed by atoms with van der Waals surface area (Å²) in [5.41, 5.74) is 5.44. The molecule has 0 saturated heterocycles. The number of allylic oxidation sites excluding steroid dienone is 3. The minimum Gasteiger partial charge on any atom is -0.307 e. The number of amidine groups is 1. The van der Waals surface area contributed by atoms with Gasteiger partial charge in [0.1, 0.15) is 0 Å². The normalized spacial score (nSPS) is 17.6. The predicted octanol–water partition coefficient (Wildman–Crippen LogP) is 5.26. The van der Waals surface area contributed by atoms with E-state index in [0.717, 1.165) is 23.3 Å². The molecule has 2 nitrogen and oxygen atoms in total. The molecule has 0 spiro atoms. The SMILES string of the molecule is C#CC(C)N(C(=NC)SCC)c1ccc(C2CC2)c2c1CC=CC=C2. The van der Waals surface area contributed by atoms with Gasteiger partial charge >= 0.3 is 0 Å². The van der Waals surface area contributed by atoms with E-state index in [1.54, 1.807) is 11.8 Å². The lowest BCUT2D eigenvalue weighted by atomic mass is 9.93. The summed E-state index contributed by atoms with van der Waals surface area (Å²) in [5, 5.41) is 0.992. The van der Waals surface area contributed by atoms with Gasteiger partial charge in [0.05, 0.1) is 6.04 Å². The molecule has 2 aliphatic carbocycles. The molecule has 3 heteroatoms. The van der Waals surface area contributed by atoms with Crippen molar-refractivity contribution >= 4 is 28.7 Å². The van der Waals surface area contributed by atoms with Gasteiger partial charge in [-0.25, -0.2) is 0 Å². The van der Waals surface area contributed by atoms with E-state index in [-0.39, 0.29) is 6.04 Å². The second kappa shape index (κ2) is 7.97. The van der Waals surface area contributed by atoms with Gasteiger partial charge in [0, 0.05) is 12.7 Å². The maximum Gasteiger partial charge on any atom is 0.164 e. The molecule has 0 aliphatic heterocycles. The predicted molar refractivity (Wildman–Crippen MR) is 113 cm³/mol. The molecule has 3 rings (SSSR count). The standard InChI is InChI=1S/C22H26N2S/c1-5-16(3)24(22(23-4)25-6-2)21-15-14-18(17-12-13-17)19-10-8-7-9-11-20(19)21/h1,7-10,14-17H,6,11-13H2,2-4H3. The lowest BCUT2D eigenvalue weighted by Crippen LogP contribution is -2.37. The lowest BCUT2D eigenvalue weighted by molar-refractivity contribution is 0.911. The Morgan fingerprint density at radius 3 is 2.84 bits per heavy atom. The highest BCUT2D eigenvalue weighted by molar-refractivity contribution is 8.14. The van der Waals surface area contributed by atoms with E-state index in [1.165, 1.54) is 35.2 Å². The molecule has 1 aromatic carbocycles. The second-order valence-corrected chi connectivity index (χ2v) is 7.71. The molecule has 0 N–H and O–H groups in total. The van der Waals surface area contributed by atoms with Crippen LogP contribution in [0.3, 0.4) is 0 Å². The van der Waals surface area contributed by atoms with E-state index in [2.05, 4.69) is 66.1 Å². The van der Waals surface area contributed by atoms with Crippen LogP contribution < -0.4 is 4.90 Å². The van der Waals surface area contributed by atoms with Crippen LogP contribution in [0.25, 0.3) is 6.08 Å². The zero-order valence-electron chi connectivity index (χ0n) is 15.3. The fraction of sp³-hybridized carbons (Fsp3) is 0.409. The van der Waals surface area contributed by atoms with Gasteiger partial charge in [0.2, 0.25) is 0 Å². The highest BCUT2D eigenvalue weighted by Crippen LogP contribution is 2.45. The summed E-state index contributed by atoms with van der Waals surface area (Å²) in [7, 11) is 1.85. The number of fused-ring (bicyclic) bond motifs is 1.